The minimum Gasteiger partial charge on any atom is -0.429 e. The molecule has 4 bridgehead atoms. The molecule has 2 heterocycles. The summed E-state index contributed by atoms with van der Waals surface area (Å²) in [7, 11) is 0. The van der Waals surface area contributed by atoms with Gasteiger partial charge in [-0.05, 0) is 36.8 Å². The van der Waals surface area contributed by atoms with Gasteiger partial charge in [0.25, 0.3) is 6.01 Å². The van der Waals surface area contributed by atoms with E-state index in [0.29, 0.717) is 6.01 Å². The molecule has 0 saturated heterocycles. The Hall–Kier alpha value is -1.42. The predicted molar refractivity (Wildman–Crippen MR) is 70.0 cm³/mol. The Bertz CT molecular complexity index is 536. The van der Waals surface area contributed by atoms with Crippen molar-refractivity contribution in [1.82, 2.24) is 4.98 Å². The van der Waals surface area contributed by atoms with Crippen molar-refractivity contribution in [2.24, 2.45) is 0 Å². The van der Waals surface area contributed by atoms with Gasteiger partial charge in [0.05, 0.1) is 6.20 Å². The SMILES string of the molecule is Cc1ccc2cc1Nc1ncc(o1)CCCS2. The molecule has 0 fully saturated rings. The number of anilines is 2. The second kappa shape index (κ2) is 4.45. The molecule has 1 aliphatic rings. The van der Waals surface area contributed by atoms with E-state index in [1.165, 1.54) is 10.5 Å². The monoisotopic (exact) mass is 246 g/mol. The molecule has 0 amide bonds. The molecule has 0 atom stereocenters. The van der Waals surface area contributed by atoms with Crippen LogP contribution < -0.4 is 5.32 Å². The van der Waals surface area contributed by atoms with Gasteiger partial charge < -0.3 is 9.73 Å². The number of nitrogens with zero attached hydrogens (tertiary/aromatic N) is 1. The van der Waals surface area contributed by atoms with Gasteiger partial charge in [-0.3, -0.25) is 0 Å². The van der Waals surface area contributed by atoms with E-state index in [9.17, 15) is 0 Å². The predicted octanol–water partition coefficient (Wildman–Crippen LogP) is 3.76. The van der Waals surface area contributed by atoms with Crippen LogP contribution in [-0.2, 0) is 6.42 Å². The van der Waals surface area contributed by atoms with E-state index < -0.39 is 0 Å². The summed E-state index contributed by atoms with van der Waals surface area (Å²) in [6.07, 6.45) is 3.88. The van der Waals surface area contributed by atoms with Crippen molar-refractivity contribution in [3.8, 4) is 0 Å². The zero-order valence-corrected chi connectivity index (χ0v) is 10.5. The zero-order chi connectivity index (χ0) is 11.7. The van der Waals surface area contributed by atoms with Crippen molar-refractivity contribution in [3.63, 3.8) is 0 Å². The third kappa shape index (κ3) is 2.31. The lowest BCUT2D eigenvalue weighted by atomic mass is 10.2. The van der Waals surface area contributed by atoms with E-state index in [1.807, 2.05) is 18.0 Å². The van der Waals surface area contributed by atoms with Crippen LogP contribution in [0.25, 0.3) is 0 Å². The van der Waals surface area contributed by atoms with Crippen LogP contribution in [0.1, 0.15) is 17.7 Å². The standard InChI is InChI=1S/C13H14N2OS/c1-9-4-5-11-7-12(9)15-13-14-8-10(16-13)3-2-6-17-11/h4-5,7-8H,2-3,6H2,1H3,(H,14,15). The highest BCUT2D eigenvalue weighted by atomic mass is 32.2. The van der Waals surface area contributed by atoms with Crippen LogP contribution in [0.5, 0.6) is 0 Å². The molecule has 1 aliphatic heterocycles. The van der Waals surface area contributed by atoms with Gasteiger partial charge in [-0.2, -0.15) is 0 Å². The van der Waals surface area contributed by atoms with Crippen LogP contribution in [-0.4, -0.2) is 10.7 Å². The van der Waals surface area contributed by atoms with Gasteiger partial charge in [0.15, 0.2) is 0 Å². The summed E-state index contributed by atoms with van der Waals surface area (Å²) in [5.41, 5.74) is 2.28. The molecule has 1 N–H and O–H groups in total. The largest absolute Gasteiger partial charge is 0.429 e. The van der Waals surface area contributed by atoms with Crippen molar-refractivity contribution >= 4 is 23.5 Å². The molecule has 1 aromatic heterocycles. The molecule has 0 unspecified atom stereocenters. The second-order valence-corrected chi connectivity index (χ2v) is 5.35. The number of rotatable bonds is 0. The van der Waals surface area contributed by atoms with Crippen LogP contribution in [0.3, 0.4) is 0 Å². The number of aryl methyl sites for hydroxylation is 2. The van der Waals surface area contributed by atoms with Crippen molar-refractivity contribution in [2.75, 3.05) is 11.1 Å². The molecule has 1 aromatic carbocycles. The van der Waals surface area contributed by atoms with E-state index in [-0.39, 0.29) is 0 Å². The second-order valence-electron chi connectivity index (χ2n) is 4.19. The van der Waals surface area contributed by atoms with Gasteiger partial charge in [0.2, 0.25) is 0 Å². The Morgan fingerprint density at radius 2 is 2.35 bits per heavy atom. The minimum absolute atomic E-state index is 0.590. The molecule has 3 rings (SSSR count). The summed E-state index contributed by atoms with van der Waals surface area (Å²) in [4.78, 5) is 5.54. The van der Waals surface area contributed by atoms with Crippen LogP contribution >= 0.6 is 11.8 Å². The third-order valence-corrected chi connectivity index (χ3v) is 3.92. The number of oxazole rings is 1. The third-order valence-electron chi connectivity index (χ3n) is 2.84. The van der Waals surface area contributed by atoms with Crippen LogP contribution in [0.15, 0.2) is 33.7 Å². The average molecular weight is 246 g/mol. The summed E-state index contributed by atoms with van der Waals surface area (Å²) in [5.74, 6) is 2.07. The van der Waals surface area contributed by atoms with E-state index in [1.54, 1.807) is 0 Å². The zero-order valence-electron chi connectivity index (χ0n) is 9.69. The van der Waals surface area contributed by atoms with E-state index in [0.717, 1.165) is 30.0 Å². The summed E-state index contributed by atoms with van der Waals surface area (Å²) < 4.78 is 5.64. The number of benzene rings is 1. The molecule has 3 nitrogen and oxygen atoms in total. The van der Waals surface area contributed by atoms with Crippen LogP contribution in [0, 0.1) is 6.92 Å². The fourth-order valence-electron chi connectivity index (χ4n) is 1.86. The number of thioether (sulfide) groups is 1. The summed E-state index contributed by atoms with van der Waals surface area (Å²) >= 11 is 1.89. The highest BCUT2D eigenvalue weighted by Gasteiger charge is 2.09. The molecular formula is C13H14N2OS. The van der Waals surface area contributed by atoms with Gasteiger partial charge in [-0.25, -0.2) is 4.98 Å². The Kier molecular flexibility index (Phi) is 2.81. The fraction of sp³-hybridized carbons (Fsp3) is 0.308. The van der Waals surface area contributed by atoms with Crippen molar-refractivity contribution in [1.29, 1.82) is 0 Å². The minimum atomic E-state index is 0.590. The molecular weight excluding hydrogens is 232 g/mol. The van der Waals surface area contributed by atoms with Crippen molar-refractivity contribution in [2.45, 2.75) is 24.7 Å². The first-order chi connectivity index (χ1) is 8.31. The molecule has 0 spiro atoms. The lowest BCUT2D eigenvalue weighted by molar-refractivity contribution is 0.518. The Morgan fingerprint density at radius 1 is 1.41 bits per heavy atom. The normalized spacial score (nSPS) is 14.9. The Morgan fingerprint density at radius 3 is 3.29 bits per heavy atom. The molecule has 88 valence electrons. The van der Waals surface area contributed by atoms with Crippen LogP contribution in [0.2, 0.25) is 0 Å². The topological polar surface area (TPSA) is 38.1 Å². The lowest BCUT2D eigenvalue weighted by Crippen LogP contribution is -1.93. The molecule has 0 radical (unpaired) electrons. The van der Waals surface area contributed by atoms with Gasteiger partial charge in [-0.1, -0.05) is 6.07 Å². The Labute approximate surface area is 105 Å². The summed E-state index contributed by atoms with van der Waals surface area (Å²) in [5, 5.41) is 3.24. The van der Waals surface area contributed by atoms with Crippen molar-refractivity contribution < 1.29 is 4.42 Å². The number of nitrogens with one attached hydrogen (secondary N) is 1. The smallest absolute Gasteiger partial charge is 0.299 e. The first-order valence-corrected chi connectivity index (χ1v) is 6.75. The molecule has 0 aliphatic carbocycles. The fourth-order valence-corrected chi connectivity index (χ4v) is 2.75. The first kappa shape index (κ1) is 10.7. The van der Waals surface area contributed by atoms with Crippen molar-refractivity contribution in [3.05, 3.63) is 35.7 Å². The van der Waals surface area contributed by atoms with Gasteiger partial charge >= 0.3 is 0 Å². The highest BCUT2D eigenvalue weighted by Crippen LogP contribution is 2.29. The number of aromatic nitrogens is 1. The van der Waals surface area contributed by atoms with E-state index in [4.69, 9.17) is 4.42 Å². The van der Waals surface area contributed by atoms with Gasteiger partial charge in [-0.15, -0.1) is 11.8 Å². The summed E-state index contributed by atoms with van der Waals surface area (Å²) in [6, 6.07) is 7.05. The molecule has 17 heavy (non-hydrogen) atoms. The first-order valence-electron chi connectivity index (χ1n) is 5.76. The van der Waals surface area contributed by atoms with Gasteiger partial charge in [0, 0.05) is 17.0 Å². The number of hydrogen-bond acceptors (Lipinski definition) is 4. The quantitative estimate of drug-likeness (QED) is 0.768. The maximum Gasteiger partial charge on any atom is 0.299 e. The number of hydrogen-bond donors (Lipinski definition) is 1. The lowest BCUT2D eigenvalue weighted by Gasteiger charge is -2.08. The molecule has 0 saturated carbocycles. The molecule has 2 aromatic rings. The van der Waals surface area contributed by atoms with E-state index >= 15 is 0 Å². The Balaban J connectivity index is 2.01. The average Bonchev–Trinajstić information content (AvgIpc) is 2.74. The summed E-state index contributed by atoms with van der Waals surface area (Å²) in [6.45, 7) is 2.08. The highest BCUT2D eigenvalue weighted by molar-refractivity contribution is 7.99. The van der Waals surface area contributed by atoms with Crippen LogP contribution in [0.4, 0.5) is 11.7 Å². The maximum atomic E-state index is 5.64. The molecule has 4 heteroatoms. The van der Waals surface area contributed by atoms with E-state index in [2.05, 4.69) is 35.4 Å². The number of fused-ring (bicyclic) bond motifs is 4. The maximum absolute atomic E-state index is 5.64. The van der Waals surface area contributed by atoms with Gasteiger partial charge in [0.1, 0.15) is 5.76 Å².